The third-order valence-electron chi connectivity index (χ3n) is 1.72. The standard InChI is InChI=1S/C11H13NO/c1-3-11-7-6-10(8-12-11)5-4-9(2)13/h4-8H,3H2,1-2H3/b5-4+. The van der Waals surface area contributed by atoms with Crippen molar-refractivity contribution in [3.8, 4) is 0 Å². The predicted octanol–water partition coefficient (Wildman–Crippen LogP) is 2.25. The minimum Gasteiger partial charge on any atom is -0.295 e. The van der Waals surface area contributed by atoms with Gasteiger partial charge >= 0.3 is 0 Å². The number of aryl methyl sites for hydroxylation is 1. The zero-order valence-electron chi connectivity index (χ0n) is 7.95. The van der Waals surface area contributed by atoms with E-state index in [2.05, 4.69) is 11.9 Å². The summed E-state index contributed by atoms with van der Waals surface area (Å²) in [4.78, 5) is 14.8. The van der Waals surface area contributed by atoms with E-state index in [1.165, 1.54) is 6.92 Å². The lowest BCUT2D eigenvalue weighted by atomic mass is 10.2. The van der Waals surface area contributed by atoms with E-state index in [1.807, 2.05) is 12.1 Å². The third-order valence-corrected chi connectivity index (χ3v) is 1.72. The molecule has 0 bridgehead atoms. The van der Waals surface area contributed by atoms with Crippen LogP contribution in [-0.4, -0.2) is 10.8 Å². The zero-order chi connectivity index (χ0) is 9.68. The lowest BCUT2D eigenvalue weighted by Gasteiger charge is -1.95. The Kier molecular flexibility index (Phi) is 3.38. The summed E-state index contributed by atoms with van der Waals surface area (Å²) < 4.78 is 0. The Morgan fingerprint density at radius 2 is 2.31 bits per heavy atom. The molecule has 0 aromatic carbocycles. The van der Waals surface area contributed by atoms with Gasteiger partial charge in [0.05, 0.1) is 0 Å². The topological polar surface area (TPSA) is 30.0 Å². The molecule has 0 aliphatic heterocycles. The number of carbonyl (C=O) groups excluding carboxylic acids is 1. The van der Waals surface area contributed by atoms with Gasteiger partial charge in [-0.05, 0) is 37.1 Å². The van der Waals surface area contributed by atoms with Crippen LogP contribution in [0.15, 0.2) is 24.4 Å². The van der Waals surface area contributed by atoms with Gasteiger partial charge in [-0.3, -0.25) is 9.78 Å². The second kappa shape index (κ2) is 4.55. The van der Waals surface area contributed by atoms with Crippen LogP contribution < -0.4 is 0 Å². The Balaban J connectivity index is 2.75. The van der Waals surface area contributed by atoms with Crippen molar-refractivity contribution >= 4 is 11.9 Å². The number of hydrogen-bond donors (Lipinski definition) is 0. The highest BCUT2D eigenvalue weighted by Gasteiger charge is 1.90. The van der Waals surface area contributed by atoms with Crippen LogP contribution in [-0.2, 0) is 11.2 Å². The molecule has 0 atom stereocenters. The molecule has 0 radical (unpaired) electrons. The lowest BCUT2D eigenvalue weighted by Crippen LogP contribution is -1.86. The molecule has 68 valence electrons. The monoisotopic (exact) mass is 175 g/mol. The molecule has 0 saturated carbocycles. The smallest absolute Gasteiger partial charge is 0.152 e. The van der Waals surface area contributed by atoms with Gasteiger partial charge in [-0.1, -0.05) is 13.0 Å². The molecule has 0 aliphatic carbocycles. The van der Waals surface area contributed by atoms with Crippen molar-refractivity contribution in [2.24, 2.45) is 0 Å². The number of hydrogen-bond acceptors (Lipinski definition) is 2. The van der Waals surface area contributed by atoms with E-state index in [4.69, 9.17) is 0 Å². The molecule has 0 amide bonds. The van der Waals surface area contributed by atoms with Gasteiger partial charge in [0.1, 0.15) is 0 Å². The summed E-state index contributed by atoms with van der Waals surface area (Å²) in [7, 11) is 0. The molecule has 1 aromatic heterocycles. The minimum absolute atomic E-state index is 0.0552. The van der Waals surface area contributed by atoms with E-state index in [0.717, 1.165) is 17.7 Å². The van der Waals surface area contributed by atoms with E-state index in [1.54, 1.807) is 18.3 Å². The molecular formula is C11H13NO. The Labute approximate surface area is 78.3 Å². The maximum absolute atomic E-state index is 10.6. The van der Waals surface area contributed by atoms with Crippen LogP contribution in [0, 0.1) is 0 Å². The molecule has 2 nitrogen and oxygen atoms in total. The molecule has 2 heteroatoms. The van der Waals surface area contributed by atoms with Crippen molar-refractivity contribution < 1.29 is 4.79 Å². The van der Waals surface area contributed by atoms with E-state index < -0.39 is 0 Å². The van der Waals surface area contributed by atoms with Gasteiger partial charge < -0.3 is 0 Å². The van der Waals surface area contributed by atoms with Gasteiger partial charge in [0.2, 0.25) is 0 Å². The average Bonchev–Trinajstić information content (AvgIpc) is 2.15. The number of carbonyl (C=O) groups is 1. The SMILES string of the molecule is CCc1ccc(/C=C/C(C)=O)cn1. The van der Waals surface area contributed by atoms with Crippen molar-refractivity contribution in [1.29, 1.82) is 0 Å². The molecule has 0 N–H and O–H groups in total. The van der Waals surface area contributed by atoms with Gasteiger partial charge in [-0.2, -0.15) is 0 Å². The second-order valence-electron chi connectivity index (χ2n) is 2.88. The first-order valence-corrected chi connectivity index (χ1v) is 4.36. The van der Waals surface area contributed by atoms with Crippen molar-refractivity contribution in [3.05, 3.63) is 35.7 Å². The molecule has 1 rings (SSSR count). The van der Waals surface area contributed by atoms with E-state index in [-0.39, 0.29) is 5.78 Å². The average molecular weight is 175 g/mol. The number of rotatable bonds is 3. The molecule has 1 heterocycles. The molecule has 0 fully saturated rings. The summed E-state index contributed by atoms with van der Waals surface area (Å²) in [6.07, 6.45) is 6.03. The minimum atomic E-state index is 0.0552. The lowest BCUT2D eigenvalue weighted by molar-refractivity contribution is -0.112. The summed E-state index contributed by atoms with van der Waals surface area (Å²) >= 11 is 0. The Morgan fingerprint density at radius 1 is 1.54 bits per heavy atom. The van der Waals surface area contributed by atoms with Crippen LogP contribution in [0.1, 0.15) is 25.1 Å². The highest BCUT2D eigenvalue weighted by atomic mass is 16.1. The number of allylic oxidation sites excluding steroid dienone is 1. The third kappa shape index (κ3) is 3.20. The van der Waals surface area contributed by atoms with Gasteiger partial charge in [0.25, 0.3) is 0 Å². The normalized spacial score (nSPS) is 10.6. The van der Waals surface area contributed by atoms with Gasteiger partial charge in [-0.15, -0.1) is 0 Å². The molecule has 0 unspecified atom stereocenters. The number of nitrogens with zero attached hydrogens (tertiary/aromatic N) is 1. The van der Waals surface area contributed by atoms with Gasteiger partial charge in [-0.25, -0.2) is 0 Å². The fourth-order valence-corrected chi connectivity index (χ4v) is 0.957. The van der Waals surface area contributed by atoms with Crippen molar-refractivity contribution in [2.45, 2.75) is 20.3 Å². The first-order chi connectivity index (χ1) is 6.22. The zero-order valence-corrected chi connectivity index (χ0v) is 7.95. The summed E-state index contributed by atoms with van der Waals surface area (Å²) in [6.45, 7) is 3.59. The van der Waals surface area contributed by atoms with Crippen molar-refractivity contribution in [1.82, 2.24) is 4.98 Å². The second-order valence-corrected chi connectivity index (χ2v) is 2.88. The molecule has 1 aromatic rings. The number of aromatic nitrogens is 1. The summed E-state index contributed by atoms with van der Waals surface area (Å²) in [6, 6.07) is 3.94. The molecular weight excluding hydrogens is 162 g/mol. The number of pyridine rings is 1. The molecule has 0 aliphatic rings. The molecule has 13 heavy (non-hydrogen) atoms. The van der Waals surface area contributed by atoms with Crippen LogP contribution in [0.2, 0.25) is 0 Å². The number of ketones is 1. The van der Waals surface area contributed by atoms with E-state index in [0.29, 0.717) is 0 Å². The maximum Gasteiger partial charge on any atom is 0.152 e. The van der Waals surface area contributed by atoms with Crippen LogP contribution in [0.5, 0.6) is 0 Å². The predicted molar refractivity (Wildman–Crippen MR) is 53.3 cm³/mol. The van der Waals surface area contributed by atoms with Gasteiger partial charge in [0, 0.05) is 11.9 Å². The highest BCUT2D eigenvalue weighted by molar-refractivity contribution is 5.91. The first kappa shape index (κ1) is 9.65. The van der Waals surface area contributed by atoms with Crippen LogP contribution in [0.25, 0.3) is 6.08 Å². The highest BCUT2D eigenvalue weighted by Crippen LogP contribution is 2.02. The van der Waals surface area contributed by atoms with Crippen LogP contribution in [0.3, 0.4) is 0 Å². The molecule has 0 saturated heterocycles. The summed E-state index contributed by atoms with van der Waals surface area (Å²) in [5.41, 5.74) is 2.03. The van der Waals surface area contributed by atoms with Crippen LogP contribution >= 0.6 is 0 Å². The Bertz CT molecular complexity index is 311. The quantitative estimate of drug-likeness (QED) is 0.659. The van der Waals surface area contributed by atoms with Crippen molar-refractivity contribution in [2.75, 3.05) is 0 Å². The Hall–Kier alpha value is -1.44. The van der Waals surface area contributed by atoms with Crippen LogP contribution in [0.4, 0.5) is 0 Å². The van der Waals surface area contributed by atoms with E-state index >= 15 is 0 Å². The first-order valence-electron chi connectivity index (χ1n) is 4.36. The van der Waals surface area contributed by atoms with Crippen molar-refractivity contribution in [3.63, 3.8) is 0 Å². The summed E-state index contributed by atoms with van der Waals surface area (Å²) in [5.74, 6) is 0.0552. The summed E-state index contributed by atoms with van der Waals surface area (Å²) in [5, 5.41) is 0. The van der Waals surface area contributed by atoms with Gasteiger partial charge in [0.15, 0.2) is 5.78 Å². The molecule has 0 spiro atoms. The Morgan fingerprint density at radius 3 is 2.77 bits per heavy atom. The fraction of sp³-hybridized carbons (Fsp3) is 0.273. The van der Waals surface area contributed by atoms with E-state index in [9.17, 15) is 4.79 Å². The largest absolute Gasteiger partial charge is 0.295 e. The maximum atomic E-state index is 10.6. The fourth-order valence-electron chi connectivity index (χ4n) is 0.957.